The van der Waals surface area contributed by atoms with Crippen molar-refractivity contribution in [1.29, 1.82) is 0 Å². The van der Waals surface area contributed by atoms with Crippen LogP contribution in [0.3, 0.4) is 0 Å². The molecule has 0 radical (unpaired) electrons. The lowest BCUT2D eigenvalue weighted by Gasteiger charge is -2.17. The van der Waals surface area contributed by atoms with Gasteiger partial charge in [-0.3, -0.25) is 0 Å². The van der Waals surface area contributed by atoms with Crippen LogP contribution in [0.2, 0.25) is 5.02 Å². The van der Waals surface area contributed by atoms with E-state index in [0.717, 1.165) is 12.2 Å². The molecule has 2 rings (SSSR count). The number of furan rings is 1. The largest absolute Gasteiger partial charge is 0.489 e. The first-order chi connectivity index (χ1) is 10.1. The number of hydrogen-bond donors (Lipinski definition) is 2. The smallest absolute Gasteiger partial charge is 0.138 e. The zero-order chi connectivity index (χ0) is 15.1. The van der Waals surface area contributed by atoms with E-state index in [1.165, 1.54) is 0 Å². The van der Waals surface area contributed by atoms with Crippen LogP contribution in [-0.2, 0) is 6.42 Å². The molecule has 4 nitrogen and oxygen atoms in total. The first-order valence-corrected chi connectivity index (χ1v) is 7.34. The Morgan fingerprint density at radius 2 is 2.10 bits per heavy atom. The molecule has 5 heteroatoms. The van der Waals surface area contributed by atoms with Crippen LogP contribution in [0.1, 0.15) is 12.7 Å². The van der Waals surface area contributed by atoms with Gasteiger partial charge in [-0.2, -0.15) is 0 Å². The fourth-order valence-electron chi connectivity index (χ4n) is 1.95. The number of benzene rings is 1. The molecule has 1 heterocycles. The van der Waals surface area contributed by atoms with Crippen LogP contribution < -0.4 is 10.1 Å². The van der Waals surface area contributed by atoms with E-state index in [1.807, 2.05) is 31.2 Å². The van der Waals surface area contributed by atoms with Gasteiger partial charge in [0.25, 0.3) is 0 Å². The summed E-state index contributed by atoms with van der Waals surface area (Å²) >= 11 is 5.98. The molecule has 2 aromatic rings. The minimum Gasteiger partial charge on any atom is -0.489 e. The molecule has 0 amide bonds. The third kappa shape index (κ3) is 5.42. The summed E-state index contributed by atoms with van der Waals surface area (Å²) in [6.07, 6.45) is 1.85. The van der Waals surface area contributed by atoms with Crippen LogP contribution in [0.4, 0.5) is 0 Å². The molecule has 114 valence electrons. The van der Waals surface area contributed by atoms with Crippen molar-refractivity contribution in [2.75, 3.05) is 13.2 Å². The van der Waals surface area contributed by atoms with Crippen LogP contribution in [0.5, 0.6) is 5.75 Å². The summed E-state index contributed by atoms with van der Waals surface area (Å²) in [5, 5.41) is 13.7. The summed E-state index contributed by atoms with van der Waals surface area (Å²) in [5.74, 6) is 1.51. The van der Waals surface area contributed by atoms with E-state index in [4.69, 9.17) is 20.8 Å². The minimum atomic E-state index is -0.597. The Morgan fingerprint density at radius 1 is 1.29 bits per heavy atom. The Hall–Kier alpha value is -1.49. The second-order valence-corrected chi connectivity index (χ2v) is 5.40. The van der Waals surface area contributed by atoms with Crippen molar-refractivity contribution in [3.8, 4) is 5.75 Å². The number of para-hydroxylation sites is 1. The standard InChI is InChI=1S/C16H20ClNO3/c1-12(9-14-5-4-8-20-14)18-10-13(19)11-21-16-7-3-2-6-15(16)17/h2-8,12-13,18-19H,9-11H2,1H3. The fraction of sp³-hybridized carbons (Fsp3) is 0.375. The molecule has 1 aromatic heterocycles. The number of halogens is 1. The van der Waals surface area contributed by atoms with Crippen molar-refractivity contribution in [3.05, 3.63) is 53.4 Å². The second kappa shape index (κ2) is 8.08. The quantitative estimate of drug-likeness (QED) is 0.787. The number of rotatable bonds is 8. The van der Waals surface area contributed by atoms with E-state index in [1.54, 1.807) is 18.4 Å². The summed E-state index contributed by atoms with van der Waals surface area (Å²) in [6.45, 7) is 2.70. The zero-order valence-electron chi connectivity index (χ0n) is 12.0. The van der Waals surface area contributed by atoms with E-state index in [2.05, 4.69) is 5.32 Å². The van der Waals surface area contributed by atoms with Crippen LogP contribution in [0.25, 0.3) is 0 Å². The minimum absolute atomic E-state index is 0.199. The van der Waals surface area contributed by atoms with Crippen molar-refractivity contribution in [3.63, 3.8) is 0 Å². The highest BCUT2D eigenvalue weighted by Crippen LogP contribution is 2.23. The molecule has 21 heavy (non-hydrogen) atoms. The number of hydrogen-bond acceptors (Lipinski definition) is 4. The Morgan fingerprint density at radius 3 is 2.81 bits per heavy atom. The summed E-state index contributed by atoms with van der Waals surface area (Å²) in [4.78, 5) is 0. The van der Waals surface area contributed by atoms with Gasteiger partial charge in [-0.15, -0.1) is 0 Å². The van der Waals surface area contributed by atoms with Crippen LogP contribution in [0, 0.1) is 0 Å². The zero-order valence-corrected chi connectivity index (χ0v) is 12.7. The molecule has 0 saturated heterocycles. The van der Waals surface area contributed by atoms with Gasteiger partial charge in [0.05, 0.1) is 11.3 Å². The molecule has 2 unspecified atom stereocenters. The predicted molar refractivity (Wildman–Crippen MR) is 82.8 cm³/mol. The lowest BCUT2D eigenvalue weighted by molar-refractivity contribution is 0.104. The van der Waals surface area contributed by atoms with Gasteiger partial charge < -0.3 is 19.6 Å². The van der Waals surface area contributed by atoms with Crippen molar-refractivity contribution < 1.29 is 14.3 Å². The number of aliphatic hydroxyl groups is 1. The first kappa shape index (κ1) is 15.9. The molecule has 2 atom stereocenters. The molecule has 0 aliphatic rings. The molecule has 0 saturated carbocycles. The molecule has 0 spiro atoms. The Bertz CT molecular complexity index is 530. The van der Waals surface area contributed by atoms with Gasteiger partial charge in [0.1, 0.15) is 24.2 Å². The third-order valence-corrected chi connectivity index (χ3v) is 3.37. The number of ether oxygens (including phenoxy) is 1. The van der Waals surface area contributed by atoms with E-state index in [-0.39, 0.29) is 12.6 Å². The highest BCUT2D eigenvalue weighted by Gasteiger charge is 2.10. The van der Waals surface area contributed by atoms with Gasteiger partial charge in [-0.05, 0) is 31.2 Å². The molecule has 0 fully saturated rings. The van der Waals surface area contributed by atoms with E-state index in [9.17, 15) is 5.11 Å². The molecule has 0 bridgehead atoms. The van der Waals surface area contributed by atoms with E-state index < -0.39 is 6.10 Å². The molecular formula is C16H20ClNO3. The predicted octanol–water partition coefficient (Wildman–Crippen LogP) is 2.89. The molecular weight excluding hydrogens is 290 g/mol. The summed E-state index contributed by atoms with van der Waals surface area (Å²) in [6, 6.07) is 11.2. The van der Waals surface area contributed by atoms with Gasteiger partial charge in [-0.1, -0.05) is 23.7 Å². The second-order valence-electron chi connectivity index (χ2n) is 4.99. The number of nitrogens with one attached hydrogen (secondary N) is 1. The summed E-state index contributed by atoms with van der Waals surface area (Å²) < 4.78 is 10.8. The van der Waals surface area contributed by atoms with Gasteiger partial charge in [0.2, 0.25) is 0 Å². The maximum Gasteiger partial charge on any atom is 0.138 e. The van der Waals surface area contributed by atoms with E-state index >= 15 is 0 Å². The Balaban J connectivity index is 1.67. The van der Waals surface area contributed by atoms with Crippen LogP contribution >= 0.6 is 11.6 Å². The van der Waals surface area contributed by atoms with Crippen molar-refractivity contribution in [1.82, 2.24) is 5.32 Å². The summed E-state index contributed by atoms with van der Waals surface area (Å²) in [5.41, 5.74) is 0. The van der Waals surface area contributed by atoms with Crippen molar-refractivity contribution >= 4 is 11.6 Å². The van der Waals surface area contributed by atoms with Crippen LogP contribution in [0.15, 0.2) is 47.1 Å². The normalized spacial score (nSPS) is 13.9. The number of aliphatic hydroxyl groups excluding tert-OH is 1. The monoisotopic (exact) mass is 309 g/mol. The SMILES string of the molecule is CC(Cc1ccco1)NCC(O)COc1ccccc1Cl. The fourth-order valence-corrected chi connectivity index (χ4v) is 2.14. The summed E-state index contributed by atoms with van der Waals surface area (Å²) in [7, 11) is 0. The van der Waals surface area contributed by atoms with Crippen molar-refractivity contribution in [2.45, 2.75) is 25.5 Å². The molecule has 1 aromatic carbocycles. The Labute approximate surface area is 129 Å². The van der Waals surface area contributed by atoms with E-state index in [0.29, 0.717) is 17.3 Å². The van der Waals surface area contributed by atoms with Crippen molar-refractivity contribution in [2.24, 2.45) is 0 Å². The highest BCUT2D eigenvalue weighted by atomic mass is 35.5. The first-order valence-electron chi connectivity index (χ1n) is 6.96. The average Bonchev–Trinajstić information content (AvgIpc) is 2.97. The average molecular weight is 310 g/mol. The molecule has 2 N–H and O–H groups in total. The lowest BCUT2D eigenvalue weighted by atomic mass is 10.2. The topological polar surface area (TPSA) is 54.6 Å². The highest BCUT2D eigenvalue weighted by molar-refractivity contribution is 6.32. The van der Waals surface area contributed by atoms with Gasteiger partial charge >= 0.3 is 0 Å². The van der Waals surface area contributed by atoms with Gasteiger partial charge in [-0.25, -0.2) is 0 Å². The van der Waals surface area contributed by atoms with Gasteiger partial charge in [0.15, 0.2) is 0 Å². The maximum atomic E-state index is 9.92. The maximum absolute atomic E-state index is 9.92. The van der Waals surface area contributed by atoms with Crippen LogP contribution in [-0.4, -0.2) is 30.4 Å². The Kier molecular flexibility index (Phi) is 6.11. The molecule has 0 aliphatic heterocycles. The van der Waals surface area contributed by atoms with Gasteiger partial charge in [0, 0.05) is 19.0 Å². The third-order valence-electron chi connectivity index (χ3n) is 3.06. The molecule has 0 aliphatic carbocycles. The lowest BCUT2D eigenvalue weighted by Crippen LogP contribution is -2.37.